The fraction of sp³-hybridized carbons (Fsp3) is 0.167. The molecule has 6 aromatic rings. The van der Waals surface area contributed by atoms with Gasteiger partial charge in [-0.3, -0.25) is 19.9 Å². The summed E-state index contributed by atoms with van der Waals surface area (Å²) < 4.78 is 13.9. The molecule has 0 aliphatic heterocycles. The smallest absolute Gasteiger partial charge is 0.224 e. The molecule has 0 saturated carbocycles. The molecule has 3 N–H and O–H groups in total. The van der Waals surface area contributed by atoms with E-state index in [1.165, 1.54) is 12.1 Å². The quantitative estimate of drug-likeness (QED) is 0.233. The number of hydrogen-bond donors (Lipinski definition) is 3. The van der Waals surface area contributed by atoms with Crippen molar-refractivity contribution in [1.82, 2.24) is 30.1 Å². The van der Waals surface area contributed by atoms with Crippen molar-refractivity contribution in [2.75, 3.05) is 5.32 Å². The number of anilines is 1. The van der Waals surface area contributed by atoms with Gasteiger partial charge in [0.05, 0.1) is 40.3 Å². The van der Waals surface area contributed by atoms with Gasteiger partial charge in [0.2, 0.25) is 5.91 Å². The molecule has 194 valence electrons. The third-order valence-corrected chi connectivity index (χ3v) is 6.33. The van der Waals surface area contributed by atoms with Gasteiger partial charge in [0, 0.05) is 29.1 Å². The van der Waals surface area contributed by atoms with Gasteiger partial charge in [-0.25, -0.2) is 9.37 Å². The fourth-order valence-electron chi connectivity index (χ4n) is 4.62. The molecule has 6 rings (SSSR count). The summed E-state index contributed by atoms with van der Waals surface area (Å²) in [4.78, 5) is 29.5. The van der Waals surface area contributed by atoms with E-state index in [-0.39, 0.29) is 17.1 Å². The van der Waals surface area contributed by atoms with E-state index in [4.69, 9.17) is 4.98 Å². The van der Waals surface area contributed by atoms with Crippen molar-refractivity contribution in [1.29, 1.82) is 0 Å². The zero-order valence-electron chi connectivity index (χ0n) is 21.7. The Labute approximate surface area is 223 Å². The summed E-state index contributed by atoms with van der Waals surface area (Å²) in [6, 6.07) is 16.0. The number of rotatable bonds is 5. The summed E-state index contributed by atoms with van der Waals surface area (Å²) in [6.45, 7) is 6.06. The predicted octanol–water partition coefficient (Wildman–Crippen LogP) is 6.74. The minimum atomic E-state index is -0.300. The molecule has 0 saturated heterocycles. The third kappa shape index (κ3) is 4.98. The molecule has 0 fully saturated rings. The predicted molar refractivity (Wildman–Crippen MR) is 150 cm³/mol. The molecule has 39 heavy (non-hydrogen) atoms. The Morgan fingerprint density at radius 2 is 1.82 bits per heavy atom. The van der Waals surface area contributed by atoms with Crippen LogP contribution in [0.1, 0.15) is 27.2 Å². The van der Waals surface area contributed by atoms with Crippen LogP contribution in [0.4, 0.5) is 10.1 Å². The Hall–Kier alpha value is -4.92. The van der Waals surface area contributed by atoms with E-state index in [0.29, 0.717) is 29.3 Å². The van der Waals surface area contributed by atoms with E-state index in [9.17, 15) is 9.18 Å². The minimum Gasteiger partial charge on any atom is -0.337 e. The number of aromatic amines is 2. The number of imidazole rings is 1. The van der Waals surface area contributed by atoms with Gasteiger partial charge < -0.3 is 10.3 Å². The second-order valence-electron chi connectivity index (χ2n) is 10.7. The first-order valence-corrected chi connectivity index (χ1v) is 12.6. The van der Waals surface area contributed by atoms with Crippen LogP contribution in [0.5, 0.6) is 0 Å². The largest absolute Gasteiger partial charge is 0.337 e. The summed E-state index contributed by atoms with van der Waals surface area (Å²) in [5.74, 6) is 0.217. The summed E-state index contributed by atoms with van der Waals surface area (Å²) >= 11 is 0. The first-order valence-electron chi connectivity index (χ1n) is 12.6. The number of nitrogens with one attached hydrogen (secondary N) is 3. The Kier molecular flexibility index (Phi) is 5.91. The number of H-pyrrole nitrogens is 2. The first-order chi connectivity index (χ1) is 18.7. The minimum absolute atomic E-state index is 0.0653. The lowest BCUT2D eigenvalue weighted by Gasteiger charge is -2.17. The fourth-order valence-corrected chi connectivity index (χ4v) is 4.62. The van der Waals surface area contributed by atoms with Crippen molar-refractivity contribution in [3.8, 4) is 33.9 Å². The molecule has 9 heteroatoms. The SMILES string of the molecule is CC(C)(C)CC(=O)Nc1cncc(-c2cc3c(-c4nc5c(-c6cccc(F)c6)cccc5[nH]4)n[nH]c3cn2)c1. The Bertz CT molecular complexity index is 1850. The zero-order chi connectivity index (χ0) is 27.1. The lowest BCUT2D eigenvalue weighted by molar-refractivity contribution is -0.117. The average Bonchev–Trinajstić information content (AvgIpc) is 3.51. The van der Waals surface area contributed by atoms with Crippen molar-refractivity contribution in [2.45, 2.75) is 27.2 Å². The van der Waals surface area contributed by atoms with Crippen molar-refractivity contribution < 1.29 is 9.18 Å². The molecule has 0 aliphatic carbocycles. The number of pyridine rings is 2. The van der Waals surface area contributed by atoms with Crippen LogP contribution in [0.25, 0.3) is 55.8 Å². The molecular formula is C30H26FN7O. The second kappa shape index (κ2) is 9.43. The van der Waals surface area contributed by atoms with Gasteiger partial charge in [-0.15, -0.1) is 0 Å². The molecule has 0 unspecified atom stereocenters. The van der Waals surface area contributed by atoms with Crippen LogP contribution in [0, 0.1) is 11.2 Å². The van der Waals surface area contributed by atoms with Crippen LogP contribution in [-0.2, 0) is 4.79 Å². The maximum atomic E-state index is 13.9. The van der Waals surface area contributed by atoms with Gasteiger partial charge in [0.15, 0.2) is 5.82 Å². The molecule has 4 heterocycles. The number of benzene rings is 2. The molecule has 0 atom stereocenters. The van der Waals surface area contributed by atoms with Gasteiger partial charge in [0.25, 0.3) is 0 Å². The van der Waals surface area contributed by atoms with Gasteiger partial charge >= 0.3 is 0 Å². The van der Waals surface area contributed by atoms with Crippen LogP contribution < -0.4 is 5.32 Å². The molecule has 1 amide bonds. The molecule has 0 bridgehead atoms. The van der Waals surface area contributed by atoms with E-state index >= 15 is 0 Å². The van der Waals surface area contributed by atoms with Crippen LogP contribution in [0.3, 0.4) is 0 Å². The number of hydrogen-bond acceptors (Lipinski definition) is 5. The molecule has 2 aromatic carbocycles. The third-order valence-electron chi connectivity index (χ3n) is 6.33. The van der Waals surface area contributed by atoms with Crippen molar-refractivity contribution in [2.24, 2.45) is 5.41 Å². The lowest BCUT2D eigenvalue weighted by atomic mass is 9.92. The van der Waals surface area contributed by atoms with Gasteiger partial charge in [0.1, 0.15) is 11.5 Å². The van der Waals surface area contributed by atoms with Crippen LogP contribution in [-0.4, -0.2) is 36.0 Å². The van der Waals surface area contributed by atoms with Crippen LogP contribution in [0.2, 0.25) is 0 Å². The number of fused-ring (bicyclic) bond motifs is 2. The van der Waals surface area contributed by atoms with E-state index in [0.717, 1.165) is 38.6 Å². The number of amides is 1. The Morgan fingerprint density at radius 1 is 0.974 bits per heavy atom. The zero-order valence-corrected chi connectivity index (χ0v) is 21.7. The van der Waals surface area contributed by atoms with Gasteiger partial charge in [-0.1, -0.05) is 45.0 Å². The van der Waals surface area contributed by atoms with E-state index in [1.807, 2.05) is 57.2 Å². The summed E-state index contributed by atoms with van der Waals surface area (Å²) in [7, 11) is 0. The molecular weight excluding hydrogens is 493 g/mol. The highest BCUT2D eigenvalue weighted by molar-refractivity contribution is 5.98. The summed E-state index contributed by atoms with van der Waals surface area (Å²) in [5, 5.41) is 11.3. The molecule has 0 aliphatic rings. The summed E-state index contributed by atoms with van der Waals surface area (Å²) in [5.41, 5.74) is 6.45. The van der Waals surface area contributed by atoms with Gasteiger partial charge in [-0.05, 0) is 41.3 Å². The van der Waals surface area contributed by atoms with E-state index in [1.54, 1.807) is 24.7 Å². The first kappa shape index (κ1) is 24.4. The maximum absolute atomic E-state index is 13.9. The summed E-state index contributed by atoms with van der Waals surface area (Å²) in [6.07, 6.45) is 5.45. The number of nitrogens with zero attached hydrogens (tertiary/aromatic N) is 4. The highest BCUT2D eigenvalue weighted by Gasteiger charge is 2.18. The number of halogens is 1. The number of carbonyl (C=O) groups excluding carboxylic acids is 1. The Balaban J connectivity index is 1.37. The average molecular weight is 520 g/mol. The second-order valence-corrected chi connectivity index (χ2v) is 10.7. The normalized spacial score (nSPS) is 11.8. The van der Waals surface area contributed by atoms with Crippen LogP contribution >= 0.6 is 0 Å². The van der Waals surface area contributed by atoms with Crippen molar-refractivity contribution in [3.05, 3.63) is 79.0 Å². The lowest BCUT2D eigenvalue weighted by Crippen LogP contribution is -2.19. The topological polar surface area (TPSA) is 112 Å². The standard InChI is InChI=1S/C30H26FN7O/c1-30(2,3)13-26(39)34-20-11-18(14-32-15-20)24-12-22-25(16-33-24)37-38-28(22)29-35-23-9-5-8-21(27(23)36-29)17-6-4-7-19(31)10-17/h4-12,14-16H,13H2,1-3H3,(H,34,39)(H,35,36)(H,37,38). The van der Waals surface area contributed by atoms with Crippen molar-refractivity contribution >= 4 is 33.5 Å². The molecule has 8 nitrogen and oxygen atoms in total. The number of aromatic nitrogens is 6. The maximum Gasteiger partial charge on any atom is 0.224 e. The highest BCUT2D eigenvalue weighted by Crippen LogP contribution is 2.33. The highest BCUT2D eigenvalue weighted by atomic mass is 19.1. The van der Waals surface area contributed by atoms with Crippen molar-refractivity contribution in [3.63, 3.8) is 0 Å². The molecule has 0 spiro atoms. The van der Waals surface area contributed by atoms with E-state index in [2.05, 4.69) is 30.5 Å². The number of carbonyl (C=O) groups is 1. The Morgan fingerprint density at radius 3 is 2.64 bits per heavy atom. The van der Waals surface area contributed by atoms with Gasteiger partial charge in [-0.2, -0.15) is 5.10 Å². The number of para-hydroxylation sites is 1. The van der Waals surface area contributed by atoms with Crippen LogP contribution in [0.15, 0.2) is 73.2 Å². The molecule has 0 radical (unpaired) electrons. The molecule has 4 aromatic heterocycles. The van der Waals surface area contributed by atoms with E-state index < -0.39 is 0 Å². The monoisotopic (exact) mass is 519 g/mol.